The average molecular weight is 410 g/mol. The van der Waals surface area contributed by atoms with Gasteiger partial charge in [-0.25, -0.2) is 9.97 Å². The number of hydrogen-bond donors (Lipinski definition) is 2. The topological polar surface area (TPSA) is 93.2 Å². The summed E-state index contributed by atoms with van der Waals surface area (Å²) in [6.45, 7) is 3.89. The standard InChI is InChI=1S/C21H22N4O3S/c1-4-16(18-6-5-9-29-18)24-19(26)14-8-7-13(2)17(10-14)25-20(27)15-11-22-21(28-3)23-12-15/h5-12,16H,4H2,1-3H3,(H,24,26)(H,25,27). The Kier molecular flexibility index (Phi) is 6.56. The second kappa shape index (κ2) is 9.29. The Hall–Kier alpha value is -3.26. The summed E-state index contributed by atoms with van der Waals surface area (Å²) in [4.78, 5) is 34.2. The minimum absolute atomic E-state index is 0.0432. The number of nitrogens with one attached hydrogen (secondary N) is 2. The van der Waals surface area contributed by atoms with Crippen molar-refractivity contribution in [2.24, 2.45) is 0 Å². The van der Waals surface area contributed by atoms with Crippen molar-refractivity contribution in [2.45, 2.75) is 26.3 Å². The first-order chi connectivity index (χ1) is 14.0. The van der Waals surface area contributed by atoms with Gasteiger partial charge < -0.3 is 15.4 Å². The molecule has 2 N–H and O–H groups in total. The van der Waals surface area contributed by atoms with Gasteiger partial charge in [0.2, 0.25) is 0 Å². The van der Waals surface area contributed by atoms with Crippen molar-refractivity contribution in [1.82, 2.24) is 15.3 Å². The van der Waals surface area contributed by atoms with Crippen LogP contribution in [0.2, 0.25) is 0 Å². The molecular formula is C21H22N4O3S. The number of nitrogens with zero attached hydrogens (tertiary/aromatic N) is 2. The summed E-state index contributed by atoms with van der Waals surface area (Å²) in [5.41, 5.74) is 2.17. The van der Waals surface area contributed by atoms with Gasteiger partial charge in [-0.05, 0) is 42.5 Å². The minimum atomic E-state index is -0.363. The van der Waals surface area contributed by atoms with Crippen LogP contribution >= 0.6 is 11.3 Å². The largest absolute Gasteiger partial charge is 0.467 e. The highest BCUT2D eigenvalue weighted by Crippen LogP contribution is 2.23. The van der Waals surface area contributed by atoms with E-state index in [9.17, 15) is 9.59 Å². The van der Waals surface area contributed by atoms with Crippen LogP contribution in [0.1, 0.15) is 50.5 Å². The number of methoxy groups -OCH3 is 1. The van der Waals surface area contributed by atoms with Crippen molar-refractivity contribution >= 4 is 28.8 Å². The fourth-order valence-corrected chi connectivity index (χ4v) is 3.60. The summed E-state index contributed by atoms with van der Waals surface area (Å²) < 4.78 is 4.90. The van der Waals surface area contributed by atoms with Crippen molar-refractivity contribution in [1.29, 1.82) is 0 Å². The Bertz CT molecular complexity index is 988. The number of aryl methyl sites for hydroxylation is 1. The molecule has 3 rings (SSSR count). The molecule has 1 atom stereocenters. The molecule has 0 aliphatic rings. The van der Waals surface area contributed by atoms with E-state index in [1.54, 1.807) is 29.5 Å². The van der Waals surface area contributed by atoms with E-state index in [1.165, 1.54) is 19.5 Å². The van der Waals surface area contributed by atoms with Gasteiger partial charge >= 0.3 is 6.01 Å². The van der Waals surface area contributed by atoms with Gasteiger partial charge in [-0.1, -0.05) is 19.1 Å². The highest BCUT2D eigenvalue weighted by Gasteiger charge is 2.17. The predicted molar refractivity (Wildman–Crippen MR) is 113 cm³/mol. The maximum absolute atomic E-state index is 12.7. The van der Waals surface area contributed by atoms with Gasteiger partial charge in [0.15, 0.2) is 0 Å². The number of ether oxygens (including phenoxy) is 1. The third kappa shape index (κ3) is 4.97. The van der Waals surface area contributed by atoms with Crippen LogP contribution in [-0.2, 0) is 0 Å². The van der Waals surface area contributed by atoms with E-state index in [4.69, 9.17) is 4.74 Å². The van der Waals surface area contributed by atoms with E-state index in [1.807, 2.05) is 31.4 Å². The number of hydrogen-bond acceptors (Lipinski definition) is 6. The van der Waals surface area contributed by atoms with Crippen LogP contribution in [0.15, 0.2) is 48.1 Å². The van der Waals surface area contributed by atoms with E-state index < -0.39 is 0 Å². The predicted octanol–water partition coefficient (Wildman–Crippen LogP) is 3.99. The van der Waals surface area contributed by atoms with Gasteiger partial charge in [0.25, 0.3) is 11.8 Å². The van der Waals surface area contributed by atoms with Gasteiger partial charge in [-0.2, -0.15) is 0 Å². The lowest BCUT2D eigenvalue weighted by molar-refractivity contribution is 0.0935. The number of aromatic nitrogens is 2. The molecule has 8 heteroatoms. The first-order valence-corrected chi connectivity index (χ1v) is 10.0. The molecule has 0 radical (unpaired) electrons. The highest BCUT2D eigenvalue weighted by atomic mass is 32.1. The van der Waals surface area contributed by atoms with Crippen molar-refractivity contribution in [3.63, 3.8) is 0 Å². The number of carbonyl (C=O) groups excluding carboxylic acids is 2. The lowest BCUT2D eigenvalue weighted by atomic mass is 10.1. The normalized spacial score (nSPS) is 11.6. The Morgan fingerprint density at radius 3 is 2.52 bits per heavy atom. The van der Waals surface area contributed by atoms with Gasteiger partial charge in [-0.15, -0.1) is 11.3 Å². The van der Waals surface area contributed by atoms with Crippen molar-refractivity contribution in [3.05, 3.63) is 69.7 Å². The first kappa shape index (κ1) is 20.5. The Labute approximate surface area is 173 Å². The second-order valence-corrected chi connectivity index (χ2v) is 7.37. The van der Waals surface area contributed by atoms with E-state index >= 15 is 0 Å². The molecule has 1 unspecified atom stereocenters. The third-order valence-electron chi connectivity index (χ3n) is 4.42. The summed E-state index contributed by atoms with van der Waals surface area (Å²) in [7, 11) is 1.45. The molecule has 0 spiro atoms. The molecule has 29 heavy (non-hydrogen) atoms. The fourth-order valence-electron chi connectivity index (χ4n) is 2.74. The monoisotopic (exact) mass is 410 g/mol. The number of anilines is 1. The zero-order valence-electron chi connectivity index (χ0n) is 16.4. The van der Waals surface area contributed by atoms with Crippen LogP contribution in [0.4, 0.5) is 5.69 Å². The molecule has 7 nitrogen and oxygen atoms in total. The summed E-state index contributed by atoms with van der Waals surface area (Å²) in [6, 6.07) is 9.35. The second-order valence-electron chi connectivity index (χ2n) is 6.39. The zero-order valence-corrected chi connectivity index (χ0v) is 17.2. The highest BCUT2D eigenvalue weighted by molar-refractivity contribution is 7.10. The number of rotatable bonds is 7. The Balaban J connectivity index is 1.74. The molecule has 3 aromatic rings. The first-order valence-electron chi connectivity index (χ1n) is 9.14. The summed E-state index contributed by atoms with van der Waals surface area (Å²) >= 11 is 1.61. The van der Waals surface area contributed by atoms with Crippen molar-refractivity contribution < 1.29 is 14.3 Å². The molecule has 0 aliphatic carbocycles. The van der Waals surface area contributed by atoms with Crippen LogP contribution in [0.25, 0.3) is 0 Å². The zero-order chi connectivity index (χ0) is 20.8. The Morgan fingerprint density at radius 2 is 1.90 bits per heavy atom. The maximum Gasteiger partial charge on any atom is 0.316 e. The molecule has 150 valence electrons. The van der Waals surface area contributed by atoms with Gasteiger partial charge in [0.05, 0.1) is 18.7 Å². The number of thiophene rings is 1. The lowest BCUT2D eigenvalue weighted by Crippen LogP contribution is -2.27. The average Bonchev–Trinajstić information content (AvgIpc) is 3.28. The van der Waals surface area contributed by atoms with E-state index in [0.717, 1.165) is 16.9 Å². The fraction of sp³-hybridized carbons (Fsp3) is 0.238. The van der Waals surface area contributed by atoms with E-state index in [0.29, 0.717) is 16.8 Å². The van der Waals surface area contributed by atoms with Gasteiger partial charge in [0, 0.05) is 28.5 Å². The molecular weight excluding hydrogens is 388 g/mol. The quantitative estimate of drug-likeness (QED) is 0.614. The molecule has 2 heterocycles. The van der Waals surface area contributed by atoms with Crippen LogP contribution < -0.4 is 15.4 Å². The number of amides is 2. The molecule has 0 bridgehead atoms. The third-order valence-corrected chi connectivity index (χ3v) is 5.41. The van der Waals surface area contributed by atoms with E-state index in [-0.39, 0.29) is 23.9 Å². The maximum atomic E-state index is 12.7. The summed E-state index contributed by atoms with van der Waals surface area (Å²) in [5.74, 6) is -0.549. The van der Waals surface area contributed by atoms with Crippen molar-refractivity contribution in [3.8, 4) is 6.01 Å². The molecule has 0 fully saturated rings. The molecule has 0 saturated heterocycles. The molecule has 2 aromatic heterocycles. The van der Waals surface area contributed by atoms with Crippen LogP contribution in [0, 0.1) is 6.92 Å². The summed E-state index contributed by atoms with van der Waals surface area (Å²) in [6.07, 6.45) is 3.57. The van der Waals surface area contributed by atoms with Crippen molar-refractivity contribution in [2.75, 3.05) is 12.4 Å². The van der Waals surface area contributed by atoms with E-state index in [2.05, 4.69) is 20.6 Å². The summed E-state index contributed by atoms with van der Waals surface area (Å²) in [5, 5.41) is 7.86. The molecule has 1 aromatic carbocycles. The number of benzene rings is 1. The van der Waals surface area contributed by atoms with Gasteiger partial charge in [0.1, 0.15) is 0 Å². The van der Waals surface area contributed by atoms with Crippen LogP contribution in [0.5, 0.6) is 6.01 Å². The SMILES string of the molecule is CCC(NC(=O)c1ccc(C)c(NC(=O)c2cnc(OC)nc2)c1)c1cccs1. The Morgan fingerprint density at radius 1 is 1.14 bits per heavy atom. The van der Waals surface area contributed by atoms with Gasteiger partial charge in [-0.3, -0.25) is 9.59 Å². The molecule has 0 aliphatic heterocycles. The molecule has 0 saturated carbocycles. The minimum Gasteiger partial charge on any atom is -0.467 e. The molecule has 2 amide bonds. The number of carbonyl (C=O) groups is 2. The lowest BCUT2D eigenvalue weighted by Gasteiger charge is -2.16. The van der Waals surface area contributed by atoms with Crippen LogP contribution in [-0.4, -0.2) is 28.9 Å². The van der Waals surface area contributed by atoms with Crippen LogP contribution in [0.3, 0.4) is 0 Å². The smallest absolute Gasteiger partial charge is 0.316 e.